The minimum atomic E-state index is -4.15. The minimum absolute atomic E-state index is 0.0261. The van der Waals surface area contributed by atoms with Crippen LogP contribution in [0.5, 0.6) is 0 Å². The quantitative estimate of drug-likeness (QED) is 0.591. The Labute approximate surface area is 150 Å². The van der Waals surface area contributed by atoms with E-state index < -0.39 is 12.7 Å². The van der Waals surface area contributed by atoms with Gasteiger partial charge in [-0.2, -0.15) is 13.2 Å². The van der Waals surface area contributed by atoms with Gasteiger partial charge in [-0.25, -0.2) is 9.98 Å². The largest absolute Gasteiger partial charge is 0.401 e. The Bertz CT molecular complexity index is 570. The molecule has 142 valence electrons. The molecule has 1 saturated heterocycles. The zero-order chi connectivity index (χ0) is 18.4. The van der Waals surface area contributed by atoms with Gasteiger partial charge in [0.05, 0.1) is 23.8 Å². The third kappa shape index (κ3) is 6.81. The topological polar surface area (TPSA) is 52.6 Å². The lowest BCUT2D eigenvalue weighted by Crippen LogP contribution is -2.45. The molecule has 5 nitrogen and oxygen atoms in total. The Morgan fingerprint density at radius 2 is 2.24 bits per heavy atom. The Kier molecular flexibility index (Phi) is 7.06. The van der Waals surface area contributed by atoms with E-state index in [1.807, 2.05) is 12.3 Å². The predicted octanol–water partition coefficient (Wildman–Crippen LogP) is 2.96. The lowest BCUT2D eigenvalue weighted by molar-refractivity contribution is -0.143. The van der Waals surface area contributed by atoms with Crippen LogP contribution < -0.4 is 10.6 Å². The molecule has 2 rings (SSSR count). The summed E-state index contributed by atoms with van der Waals surface area (Å²) < 4.78 is 37.4. The summed E-state index contributed by atoms with van der Waals surface area (Å²) in [4.78, 5) is 10.5. The van der Waals surface area contributed by atoms with Gasteiger partial charge in [-0.05, 0) is 13.3 Å². The molecule has 0 radical (unpaired) electrons. The maximum Gasteiger partial charge on any atom is 0.401 e. The van der Waals surface area contributed by atoms with Crippen molar-refractivity contribution in [2.75, 3.05) is 26.2 Å². The van der Waals surface area contributed by atoms with Crippen molar-refractivity contribution in [3.05, 3.63) is 16.1 Å². The zero-order valence-corrected chi connectivity index (χ0v) is 15.7. The molecule has 1 aliphatic rings. The standard InChI is InChI=1S/C16H26F3N5S/c1-4-20-15(21-7-13-9-25-14(22-13)11(2)3)23-12-5-6-24(8-12)10-16(17,18)19/h9,11-12H,4-8,10H2,1-3H3,(H2,20,21,23). The van der Waals surface area contributed by atoms with Crippen LogP contribution in [0, 0.1) is 0 Å². The number of likely N-dealkylation sites (tertiary alicyclic amines) is 1. The summed E-state index contributed by atoms with van der Waals surface area (Å²) in [5.41, 5.74) is 0.913. The molecule has 25 heavy (non-hydrogen) atoms. The number of aromatic nitrogens is 1. The molecule has 2 N–H and O–H groups in total. The number of aliphatic imine (C=N–C) groups is 1. The predicted molar refractivity (Wildman–Crippen MR) is 95.1 cm³/mol. The van der Waals surface area contributed by atoms with Crippen LogP contribution in [0.3, 0.4) is 0 Å². The van der Waals surface area contributed by atoms with Gasteiger partial charge in [0.15, 0.2) is 5.96 Å². The fourth-order valence-electron chi connectivity index (χ4n) is 2.68. The highest BCUT2D eigenvalue weighted by atomic mass is 32.1. The van der Waals surface area contributed by atoms with Crippen LogP contribution in [0.25, 0.3) is 0 Å². The molecule has 9 heteroatoms. The molecule has 0 saturated carbocycles. The first-order valence-corrected chi connectivity index (χ1v) is 9.43. The van der Waals surface area contributed by atoms with E-state index >= 15 is 0 Å². The number of nitrogens with one attached hydrogen (secondary N) is 2. The molecule has 0 bridgehead atoms. The molecule has 0 amide bonds. The highest BCUT2D eigenvalue weighted by Crippen LogP contribution is 2.20. The molecule has 0 spiro atoms. The van der Waals surface area contributed by atoms with Crippen LogP contribution in [-0.4, -0.2) is 54.2 Å². The van der Waals surface area contributed by atoms with Gasteiger partial charge in [0.1, 0.15) is 0 Å². The molecule has 1 atom stereocenters. The molecule has 1 aromatic rings. The number of thiazole rings is 1. The number of hydrogen-bond donors (Lipinski definition) is 2. The van der Waals surface area contributed by atoms with Crippen LogP contribution in [0.15, 0.2) is 10.4 Å². The van der Waals surface area contributed by atoms with Crippen molar-refractivity contribution in [3.8, 4) is 0 Å². The number of halogens is 3. The maximum absolute atomic E-state index is 12.5. The van der Waals surface area contributed by atoms with Crippen LogP contribution in [0.2, 0.25) is 0 Å². The van der Waals surface area contributed by atoms with E-state index in [0.29, 0.717) is 44.5 Å². The lowest BCUT2D eigenvalue weighted by Gasteiger charge is -2.19. The second kappa shape index (κ2) is 8.84. The monoisotopic (exact) mass is 377 g/mol. The van der Waals surface area contributed by atoms with Gasteiger partial charge in [0.25, 0.3) is 0 Å². The zero-order valence-electron chi connectivity index (χ0n) is 14.9. The third-order valence-electron chi connectivity index (χ3n) is 3.82. The van der Waals surface area contributed by atoms with Crippen molar-refractivity contribution >= 4 is 17.3 Å². The van der Waals surface area contributed by atoms with E-state index in [1.165, 1.54) is 4.90 Å². The molecular weight excluding hydrogens is 351 g/mol. The first-order chi connectivity index (χ1) is 11.8. The molecule has 1 unspecified atom stereocenters. The van der Waals surface area contributed by atoms with Crippen LogP contribution in [0.4, 0.5) is 13.2 Å². The highest BCUT2D eigenvalue weighted by molar-refractivity contribution is 7.09. The number of alkyl halides is 3. The SMILES string of the molecule is CCNC(=NCc1csc(C(C)C)n1)NC1CCN(CC(F)(F)F)C1. The van der Waals surface area contributed by atoms with Crippen molar-refractivity contribution < 1.29 is 13.2 Å². The second-order valence-electron chi connectivity index (χ2n) is 6.51. The van der Waals surface area contributed by atoms with Gasteiger partial charge >= 0.3 is 6.18 Å². The van der Waals surface area contributed by atoms with Crippen molar-refractivity contribution in [1.29, 1.82) is 0 Å². The van der Waals surface area contributed by atoms with Crippen LogP contribution in [0.1, 0.15) is 43.8 Å². The fraction of sp³-hybridized carbons (Fsp3) is 0.750. The first kappa shape index (κ1) is 20.0. The van der Waals surface area contributed by atoms with Crippen LogP contribution >= 0.6 is 11.3 Å². The summed E-state index contributed by atoms with van der Waals surface area (Å²) in [6, 6.07) is -0.0261. The molecular formula is C16H26F3N5S. The van der Waals surface area contributed by atoms with Crippen molar-refractivity contribution in [2.45, 2.75) is 51.9 Å². The number of guanidine groups is 1. The van der Waals surface area contributed by atoms with Crippen molar-refractivity contribution in [2.24, 2.45) is 4.99 Å². The molecule has 1 aliphatic heterocycles. The summed E-state index contributed by atoms with van der Waals surface area (Å²) >= 11 is 1.63. The average Bonchev–Trinajstić information content (AvgIpc) is 3.13. The first-order valence-electron chi connectivity index (χ1n) is 8.55. The summed E-state index contributed by atoms with van der Waals surface area (Å²) in [6.07, 6.45) is -3.47. The Hall–Kier alpha value is -1.35. The third-order valence-corrected chi connectivity index (χ3v) is 5.02. The lowest BCUT2D eigenvalue weighted by atomic mass is 10.2. The molecule has 0 aliphatic carbocycles. The van der Waals surface area contributed by atoms with E-state index in [0.717, 1.165) is 10.7 Å². The number of rotatable bonds is 6. The Morgan fingerprint density at radius 3 is 2.84 bits per heavy atom. The summed E-state index contributed by atoms with van der Waals surface area (Å²) in [7, 11) is 0. The van der Waals surface area contributed by atoms with Gasteiger partial charge < -0.3 is 10.6 Å². The van der Waals surface area contributed by atoms with Crippen LogP contribution in [-0.2, 0) is 6.54 Å². The number of nitrogens with zero attached hydrogens (tertiary/aromatic N) is 3. The van der Waals surface area contributed by atoms with E-state index in [-0.39, 0.29) is 6.04 Å². The Balaban J connectivity index is 1.89. The molecule has 2 heterocycles. The highest BCUT2D eigenvalue weighted by Gasteiger charge is 2.34. The molecule has 1 aromatic heterocycles. The Morgan fingerprint density at radius 1 is 1.48 bits per heavy atom. The van der Waals surface area contributed by atoms with Gasteiger partial charge in [0, 0.05) is 37.0 Å². The van der Waals surface area contributed by atoms with Gasteiger partial charge in [-0.15, -0.1) is 11.3 Å². The fourth-order valence-corrected chi connectivity index (χ4v) is 3.51. The summed E-state index contributed by atoms with van der Waals surface area (Å²) in [6.45, 7) is 7.28. The van der Waals surface area contributed by atoms with Crippen molar-refractivity contribution in [3.63, 3.8) is 0 Å². The van der Waals surface area contributed by atoms with E-state index in [9.17, 15) is 13.2 Å². The van der Waals surface area contributed by atoms with E-state index in [1.54, 1.807) is 11.3 Å². The van der Waals surface area contributed by atoms with Gasteiger partial charge in [-0.3, -0.25) is 4.90 Å². The summed E-state index contributed by atoms with van der Waals surface area (Å²) in [5.74, 6) is 1.02. The van der Waals surface area contributed by atoms with Gasteiger partial charge in [0.2, 0.25) is 0 Å². The van der Waals surface area contributed by atoms with E-state index in [4.69, 9.17) is 0 Å². The second-order valence-corrected chi connectivity index (χ2v) is 7.40. The summed E-state index contributed by atoms with van der Waals surface area (Å²) in [5, 5.41) is 9.47. The normalized spacial score (nSPS) is 19.6. The number of hydrogen-bond acceptors (Lipinski definition) is 4. The molecule has 1 fully saturated rings. The maximum atomic E-state index is 12.5. The van der Waals surface area contributed by atoms with E-state index in [2.05, 4.69) is 34.5 Å². The minimum Gasteiger partial charge on any atom is -0.357 e. The molecule has 0 aromatic carbocycles. The van der Waals surface area contributed by atoms with Crippen molar-refractivity contribution in [1.82, 2.24) is 20.5 Å². The van der Waals surface area contributed by atoms with Gasteiger partial charge in [-0.1, -0.05) is 13.8 Å². The average molecular weight is 377 g/mol. The smallest absolute Gasteiger partial charge is 0.357 e.